The zero-order valence-corrected chi connectivity index (χ0v) is 5.36. The van der Waals surface area contributed by atoms with Crippen LogP contribution in [0.15, 0.2) is 0 Å². The van der Waals surface area contributed by atoms with Gasteiger partial charge in [0.15, 0.2) is 0 Å². The Morgan fingerprint density at radius 1 is 1.14 bits per heavy atom. The van der Waals surface area contributed by atoms with Crippen LogP contribution >= 0.6 is 12.4 Å². The van der Waals surface area contributed by atoms with Gasteiger partial charge in [0.05, 0.1) is 0 Å². The number of rotatable bonds is 0. The van der Waals surface area contributed by atoms with Crippen LogP contribution in [-0.2, 0) is 0 Å². The lowest BCUT2D eigenvalue weighted by molar-refractivity contribution is -0.0522. The summed E-state index contributed by atoms with van der Waals surface area (Å²) in [5.74, 6) is 0. The third-order valence-electron chi connectivity index (χ3n) is 0.152. The van der Waals surface area contributed by atoms with Crippen LogP contribution in [0.1, 0.15) is 0 Å². The fourth-order valence-electron chi connectivity index (χ4n) is 0. The molecule has 0 aromatic heterocycles. The molecule has 42 valence electrons. The summed E-state index contributed by atoms with van der Waals surface area (Å²) in [4.78, 5) is 0. The SMILES string of the molecule is Cl.[F][Mg][C](F)(F)F. The van der Waals surface area contributed by atoms with E-state index in [-0.39, 0.29) is 12.4 Å². The number of halogens is 5. The molecule has 0 nitrogen and oxygen atoms in total. The Balaban J connectivity index is 0. The second-order valence-electron chi connectivity index (χ2n) is 0.749. The Morgan fingerprint density at radius 3 is 1.29 bits per heavy atom. The summed E-state index contributed by atoms with van der Waals surface area (Å²) in [7, 11) is 0. The molecule has 0 spiro atoms. The molecular weight excluding hydrogens is 148 g/mol. The van der Waals surface area contributed by atoms with Crippen LogP contribution in [0.4, 0.5) is 16.1 Å². The van der Waals surface area contributed by atoms with Gasteiger partial charge < -0.3 is 2.96 Å². The molecule has 0 aliphatic heterocycles. The lowest BCUT2D eigenvalue weighted by Crippen LogP contribution is -2.12. The molecule has 0 atom stereocenters. The van der Waals surface area contributed by atoms with Crippen LogP contribution in [0.5, 0.6) is 0 Å². The van der Waals surface area contributed by atoms with E-state index in [1.165, 1.54) is 0 Å². The Bertz CT molecular complexity index is 41.4. The summed E-state index contributed by atoms with van der Waals surface area (Å²) in [6.07, 6.45) is 0. The van der Waals surface area contributed by atoms with Crippen molar-refractivity contribution in [1.29, 1.82) is 0 Å². The average Bonchev–Trinajstić information content (AvgIpc) is 1.35. The molecule has 0 aliphatic rings. The monoisotopic (exact) mass is 148 g/mol. The molecule has 0 saturated carbocycles. The van der Waals surface area contributed by atoms with E-state index in [1.807, 2.05) is 0 Å². The minimum atomic E-state index is -4.49. The van der Waals surface area contributed by atoms with Crippen LogP contribution < -0.4 is 0 Å². The van der Waals surface area contributed by atoms with E-state index in [9.17, 15) is 16.1 Å². The zero-order chi connectivity index (χ0) is 5.21. The third kappa shape index (κ3) is 10.8. The highest BCUT2D eigenvalue weighted by molar-refractivity contribution is 6.28. The molecule has 0 N–H and O–H groups in total. The average molecular weight is 149 g/mol. The van der Waals surface area contributed by atoms with Crippen molar-refractivity contribution in [3.05, 3.63) is 0 Å². The summed E-state index contributed by atoms with van der Waals surface area (Å²) in [6, 6.07) is 0. The van der Waals surface area contributed by atoms with Gasteiger partial charge in [0.2, 0.25) is 0 Å². The molecule has 0 aliphatic carbocycles. The molecule has 0 heterocycles. The van der Waals surface area contributed by atoms with Gasteiger partial charge in [0, 0.05) is 0 Å². The first-order valence-corrected chi connectivity index (χ1v) is 2.43. The lowest BCUT2D eigenvalue weighted by atomic mass is 11.5. The van der Waals surface area contributed by atoms with Crippen LogP contribution in [0, 0.1) is 0 Å². The standard InChI is InChI=1S/CF3.ClH.FH.Mg/c2-1(3)4;;;/h;2*1H;/q;;;+1/p-1. The predicted molar refractivity (Wildman–Crippen MR) is 20.2 cm³/mol. The maximum atomic E-state index is 10.5. The predicted octanol–water partition coefficient (Wildman–Crippen LogP) is 1.52. The molecule has 0 unspecified atom stereocenters. The van der Waals surface area contributed by atoms with E-state index in [2.05, 4.69) is 0 Å². The quantitative estimate of drug-likeness (QED) is 0.361. The molecule has 0 radical (unpaired) electrons. The van der Waals surface area contributed by atoms with Gasteiger partial charge in [0.25, 0.3) is 0 Å². The van der Waals surface area contributed by atoms with Crippen LogP contribution in [-0.4, -0.2) is 25.2 Å². The van der Waals surface area contributed by atoms with Crippen molar-refractivity contribution < 1.29 is 16.1 Å². The summed E-state index contributed by atoms with van der Waals surface area (Å²) >= 11 is -3.25. The van der Waals surface area contributed by atoms with E-state index in [0.29, 0.717) is 0 Å². The second kappa shape index (κ2) is 3.74. The molecule has 6 heteroatoms. The summed E-state index contributed by atoms with van der Waals surface area (Å²) in [5, 5.41) is 0. The van der Waals surface area contributed by atoms with E-state index in [4.69, 9.17) is 0 Å². The highest BCUT2D eigenvalue weighted by atomic mass is 35.5. The normalized spacial score (nSPS) is 9.14. The minimum Gasteiger partial charge on any atom is -0.473 e. The topological polar surface area (TPSA) is 0 Å². The lowest BCUT2D eigenvalue weighted by Gasteiger charge is -1.92. The van der Waals surface area contributed by atoms with Gasteiger partial charge in [0.1, 0.15) is 0 Å². The van der Waals surface area contributed by atoms with E-state index in [1.54, 1.807) is 0 Å². The largest absolute Gasteiger partial charge is 0.761 e. The van der Waals surface area contributed by atoms with Gasteiger partial charge in [-0.15, -0.1) is 12.4 Å². The van der Waals surface area contributed by atoms with Crippen molar-refractivity contribution >= 4 is 33.3 Å². The first-order valence-electron chi connectivity index (χ1n) is 1.19. The van der Waals surface area contributed by atoms with Gasteiger partial charge in [-0.25, -0.2) is 13.2 Å². The molecule has 0 fully saturated rings. The van der Waals surface area contributed by atoms with Crippen LogP contribution in [0.2, 0.25) is 0 Å². The maximum absolute atomic E-state index is 10.5. The van der Waals surface area contributed by atoms with Crippen molar-refractivity contribution in [1.82, 2.24) is 0 Å². The minimum absolute atomic E-state index is 0. The first kappa shape index (κ1) is 10.7. The van der Waals surface area contributed by atoms with Gasteiger partial charge in [-0.2, -0.15) is 0 Å². The van der Waals surface area contributed by atoms with Crippen molar-refractivity contribution in [3.8, 4) is 0 Å². The highest BCUT2D eigenvalue weighted by Gasteiger charge is 2.33. The Labute approximate surface area is 54.1 Å². The van der Waals surface area contributed by atoms with Crippen LogP contribution in [0.25, 0.3) is 0 Å². The van der Waals surface area contributed by atoms with Crippen molar-refractivity contribution in [2.45, 2.75) is 4.31 Å². The summed E-state index contributed by atoms with van der Waals surface area (Å²) < 4.78 is 37.4. The molecule has 0 rings (SSSR count). The molecule has 0 amide bonds. The Kier molecular flexibility index (Phi) is 5.72. The zero-order valence-electron chi connectivity index (χ0n) is 3.13. The molecule has 0 saturated heterocycles. The molecule has 0 aromatic carbocycles. The molecule has 7 heavy (non-hydrogen) atoms. The highest BCUT2D eigenvalue weighted by Crippen LogP contribution is 2.11. The van der Waals surface area contributed by atoms with Crippen LogP contribution in [0.3, 0.4) is 0 Å². The van der Waals surface area contributed by atoms with Crippen molar-refractivity contribution in [2.24, 2.45) is 0 Å². The first-order chi connectivity index (χ1) is 2.56. The maximum Gasteiger partial charge on any atom is 0.761 e. The van der Waals surface area contributed by atoms with Gasteiger partial charge in [-0.3, -0.25) is 0 Å². The second-order valence-corrected chi connectivity index (χ2v) is 1.82. The summed E-state index contributed by atoms with van der Waals surface area (Å²) in [6.45, 7) is 0. The Morgan fingerprint density at radius 2 is 1.29 bits per heavy atom. The molecular formula is CHClF4Mg. The van der Waals surface area contributed by atoms with Gasteiger partial charge >= 0.3 is 25.2 Å². The van der Waals surface area contributed by atoms with Gasteiger partial charge in [-0.1, -0.05) is 0 Å². The van der Waals surface area contributed by atoms with E-state index in [0.717, 1.165) is 0 Å². The Hall–Kier alpha value is 0.776. The number of alkyl halides is 3. The fraction of sp³-hybridized carbons (Fsp3) is 1.00. The van der Waals surface area contributed by atoms with Crippen molar-refractivity contribution in [2.75, 3.05) is 0 Å². The number of hydrogen-bond donors (Lipinski definition) is 0. The van der Waals surface area contributed by atoms with Crippen molar-refractivity contribution in [3.63, 3.8) is 0 Å². The molecule has 0 bridgehead atoms. The van der Waals surface area contributed by atoms with E-state index >= 15 is 0 Å². The third-order valence-corrected chi connectivity index (χ3v) is 0.455. The van der Waals surface area contributed by atoms with Gasteiger partial charge in [-0.05, 0) is 0 Å². The molecule has 0 aromatic rings. The van der Waals surface area contributed by atoms with E-state index < -0.39 is 25.2 Å². The summed E-state index contributed by atoms with van der Waals surface area (Å²) in [5.41, 5.74) is 0. The number of hydrogen-bond acceptors (Lipinski definition) is 0. The fourth-order valence-corrected chi connectivity index (χ4v) is 0. The smallest absolute Gasteiger partial charge is 0.473 e.